The molecule has 100 valence electrons. The molecule has 3 nitrogen and oxygen atoms in total. The van der Waals surface area contributed by atoms with E-state index in [9.17, 15) is 0 Å². The number of hydrogen-bond acceptors (Lipinski definition) is 3. The molecule has 1 atom stereocenters. The first-order chi connectivity index (χ1) is 8.74. The van der Waals surface area contributed by atoms with Crippen LogP contribution >= 0.6 is 11.6 Å². The number of piperazine rings is 1. The zero-order valence-electron chi connectivity index (χ0n) is 11.3. The van der Waals surface area contributed by atoms with E-state index in [1.807, 2.05) is 12.3 Å². The topological polar surface area (TPSA) is 19.4 Å². The summed E-state index contributed by atoms with van der Waals surface area (Å²) < 4.78 is 0. The summed E-state index contributed by atoms with van der Waals surface area (Å²) in [5, 5.41) is 0. The molecule has 1 aromatic rings. The number of pyridine rings is 1. The van der Waals surface area contributed by atoms with Crippen LogP contribution in [0.4, 0.5) is 5.82 Å². The van der Waals surface area contributed by atoms with Crippen LogP contribution in [0.1, 0.15) is 25.8 Å². The standard InChI is InChI=1S/C14H22ClN3/c1-3-12(2)17-6-8-18(9-7-17)14-10-13(11-15)4-5-16-14/h4-5,10,12H,3,6-9,11H2,1-2H3. The first kappa shape index (κ1) is 13.6. The fraction of sp³-hybridized carbons (Fsp3) is 0.643. The van der Waals surface area contributed by atoms with Crippen molar-refractivity contribution in [1.82, 2.24) is 9.88 Å². The molecule has 1 fully saturated rings. The van der Waals surface area contributed by atoms with Crippen molar-refractivity contribution in [3.63, 3.8) is 0 Å². The van der Waals surface area contributed by atoms with E-state index in [1.54, 1.807) is 0 Å². The first-order valence-corrected chi connectivity index (χ1v) is 7.28. The molecule has 1 aliphatic rings. The van der Waals surface area contributed by atoms with Crippen LogP contribution in [-0.2, 0) is 5.88 Å². The van der Waals surface area contributed by atoms with Gasteiger partial charge in [-0.15, -0.1) is 11.6 Å². The van der Waals surface area contributed by atoms with Crippen molar-refractivity contribution >= 4 is 17.4 Å². The first-order valence-electron chi connectivity index (χ1n) is 6.74. The number of hydrogen-bond donors (Lipinski definition) is 0. The molecule has 1 unspecified atom stereocenters. The van der Waals surface area contributed by atoms with Crippen LogP contribution in [0.25, 0.3) is 0 Å². The van der Waals surface area contributed by atoms with Crippen molar-refractivity contribution < 1.29 is 0 Å². The monoisotopic (exact) mass is 267 g/mol. The normalized spacial score (nSPS) is 18.9. The third-order valence-electron chi connectivity index (χ3n) is 3.82. The molecule has 0 radical (unpaired) electrons. The van der Waals surface area contributed by atoms with Crippen LogP contribution in [-0.4, -0.2) is 42.1 Å². The minimum atomic E-state index is 0.558. The molecular formula is C14H22ClN3. The van der Waals surface area contributed by atoms with Gasteiger partial charge in [-0.25, -0.2) is 4.98 Å². The lowest BCUT2D eigenvalue weighted by Gasteiger charge is -2.38. The molecule has 18 heavy (non-hydrogen) atoms. The molecule has 0 spiro atoms. The Bertz CT molecular complexity index is 375. The Hall–Kier alpha value is -0.800. The van der Waals surface area contributed by atoms with E-state index in [-0.39, 0.29) is 0 Å². The summed E-state index contributed by atoms with van der Waals surface area (Å²) in [6.45, 7) is 8.93. The lowest BCUT2D eigenvalue weighted by Crippen LogP contribution is -2.49. The molecule has 2 rings (SSSR count). The Labute approximate surface area is 115 Å². The maximum absolute atomic E-state index is 5.87. The van der Waals surface area contributed by atoms with Gasteiger partial charge >= 0.3 is 0 Å². The van der Waals surface area contributed by atoms with E-state index >= 15 is 0 Å². The highest BCUT2D eigenvalue weighted by atomic mass is 35.5. The molecule has 0 amide bonds. The minimum absolute atomic E-state index is 0.558. The summed E-state index contributed by atoms with van der Waals surface area (Å²) in [6, 6.07) is 4.77. The predicted molar refractivity (Wildman–Crippen MR) is 77.3 cm³/mol. The van der Waals surface area contributed by atoms with Crippen molar-refractivity contribution in [2.75, 3.05) is 31.1 Å². The molecule has 1 saturated heterocycles. The van der Waals surface area contributed by atoms with E-state index in [1.165, 1.54) is 6.42 Å². The van der Waals surface area contributed by atoms with E-state index in [2.05, 4.69) is 34.7 Å². The summed E-state index contributed by atoms with van der Waals surface area (Å²) in [5.74, 6) is 1.62. The molecule has 0 saturated carbocycles. The summed E-state index contributed by atoms with van der Waals surface area (Å²) in [7, 11) is 0. The van der Waals surface area contributed by atoms with Crippen LogP contribution in [0, 0.1) is 0 Å². The maximum Gasteiger partial charge on any atom is 0.128 e. The van der Waals surface area contributed by atoms with Gasteiger partial charge in [0.1, 0.15) is 5.82 Å². The second-order valence-electron chi connectivity index (χ2n) is 4.94. The van der Waals surface area contributed by atoms with Crippen LogP contribution in [0.3, 0.4) is 0 Å². The summed E-state index contributed by atoms with van der Waals surface area (Å²) in [5.41, 5.74) is 1.14. The second-order valence-corrected chi connectivity index (χ2v) is 5.20. The Morgan fingerprint density at radius 2 is 2.06 bits per heavy atom. The van der Waals surface area contributed by atoms with Gasteiger partial charge in [-0.1, -0.05) is 6.92 Å². The van der Waals surface area contributed by atoms with Crippen LogP contribution < -0.4 is 4.90 Å². The van der Waals surface area contributed by atoms with E-state index in [0.29, 0.717) is 11.9 Å². The van der Waals surface area contributed by atoms with Crippen molar-refractivity contribution in [1.29, 1.82) is 0 Å². The van der Waals surface area contributed by atoms with Gasteiger partial charge in [0, 0.05) is 44.3 Å². The molecule has 0 N–H and O–H groups in total. The lowest BCUT2D eigenvalue weighted by atomic mass is 10.2. The summed E-state index contributed by atoms with van der Waals surface area (Å²) >= 11 is 5.87. The van der Waals surface area contributed by atoms with Gasteiger partial charge in [-0.2, -0.15) is 0 Å². The number of rotatable bonds is 4. The molecule has 0 aromatic carbocycles. The van der Waals surface area contributed by atoms with Gasteiger partial charge in [0.2, 0.25) is 0 Å². The number of nitrogens with zero attached hydrogens (tertiary/aromatic N) is 3. The SMILES string of the molecule is CCC(C)N1CCN(c2cc(CCl)ccn2)CC1. The average molecular weight is 268 g/mol. The Morgan fingerprint density at radius 1 is 1.33 bits per heavy atom. The smallest absolute Gasteiger partial charge is 0.128 e. The molecule has 1 aromatic heterocycles. The predicted octanol–water partition coefficient (Wildman–Crippen LogP) is 2.74. The molecule has 0 bridgehead atoms. The van der Waals surface area contributed by atoms with E-state index in [0.717, 1.165) is 37.6 Å². The zero-order valence-corrected chi connectivity index (χ0v) is 12.0. The fourth-order valence-corrected chi connectivity index (χ4v) is 2.53. The van der Waals surface area contributed by atoms with Gasteiger partial charge in [0.05, 0.1) is 0 Å². The summed E-state index contributed by atoms with van der Waals surface area (Å²) in [6.07, 6.45) is 3.08. The van der Waals surface area contributed by atoms with Gasteiger partial charge in [0.25, 0.3) is 0 Å². The van der Waals surface area contributed by atoms with Crippen molar-refractivity contribution in [3.05, 3.63) is 23.9 Å². The molecule has 0 aliphatic carbocycles. The van der Waals surface area contributed by atoms with Crippen molar-refractivity contribution in [3.8, 4) is 0 Å². The van der Waals surface area contributed by atoms with Crippen LogP contribution in [0.15, 0.2) is 18.3 Å². The second kappa shape index (κ2) is 6.39. The minimum Gasteiger partial charge on any atom is -0.354 e. The Kier molecular flexibility index (Phi) is 4.84. The van der Waals surface area contributed by atoms with Gasteiger partial charge in [-0.05, 0) is 31.0 Å². The highest BCUT2D eigenvalue weighted by Crippen LogP contribution is 2.17. The summed E-state index contributed by atoms with van der Waals surface area (Å²) in [4.78, 5) is 9.36. The molecular weight excluding hydrogens is 246 g/mol. The van der Waals surface area contributed by atoms with Crippen LogP contribution in [0.2, 0.25) is 0 Å². The highest BCUT2D eigenvalue weighted by Gasteiger charge is 2.20. The zero-order chi connectivity index (χ0) is 13.0. The largest absolute Gasteiger partial charge is 0.354 e. The van der Waals surface area contributed by atoms with Crippen molar-refractivity contribution in [2.24, 2.45) is 0 Å². The molecule has 1 aliphatic heterocycles. The van der Waals surface area contributed by atoms with Gasteiger partial charge in [-0.3, -0.25) is 4.90 Å². The number of aromatic nitrogens is 1. The van der Waals surface area contributed by atoms with Gasteiger partial charge < -0.3 is 4.90 Å². The third kappa shape index (κ3) is 3.15. The Balaban J connectivity index is 1.96. The quantitative estimate of drug-likeness (QED) is 0.782. The van der Waals surface area contributed by atoms with Gasteiger partial charge in [0.15, 0.2) is 0 Å². The lowest BCUT2D eigenvalue weighted by molar-refractivity contribution is 0.192. The third-order valence-corrected chi connectivity index (χ3v) is 4.13. The van der Waals surface area contributed by atoms with E-state index < -0.39 is 0 Å². The Morgan fingerprint density at radius 3 is 2.67 bits per heavy atom. The molecule has 2 heterocycles. The number of halogens is 1. The molecule has 4 heteroatoms. The number of alkyl halides is 1. The van der Waals surface area contributed by atoms with Crippen molar-refractivity contribution in [2.45, 2.75) is 32.2 Å². The van der Waals surface area contributed by atoms with Crippen LogP contribution in [0.5, 0.6) is 0 Å². The average Bonchev–Trinajstić information content (AvgIpc) is 2.46. The maximum atomic E-state index is 5.87. The van der Waals surface area contributed by atoms with E-state index in [4.69, 9.17) is 11.6 Å². The highest BCUT2D eigenvalue weighted by molar-refractivity contribution is 6.17. The fourth-order valence-electron chi connectivity index (χ4n) is 2.37. The number of anilines is 1.